The van der Waals surface area contributed by atoms with Crippen LogP contribution in [0.15, 0.2) is 47.4 Å². The first-order valence-corrected chi connectivity index (χ1v) is 8.87. The van der Waals surface area contributed by atoms with Crippen molar-refractivity contribution in [3.8, 4) is 0 Å². The molecule has 2 rings (SSSR count). The summed E-state index contributed by atoms with van der Waals surface area (Å²) in [5.41, 5.74) is 0.566. The number of rotatable bonds is 5. The number of anilines is 1. The van der Waals surface area contributed by atoms with E-state index in [0.717, 1.165) is 0 Å². The molecule has 0 spiro atoms. The summed E-state index contributed by atoms with van der Waals surface area (Å²) < 4.78 is 30.4. The first-order chi connectivity index (χ1) is 11.8. The lowest BCUT2D eigenvalue weighted by Crippen LogP contribution is -2.19. The van der Waals surface area contributed by atoms with Gasteiger partial charge in [-0.1, -0.05) is 17.7 Å². The molecular weight excluding hydrogens is 368 g/mol. The van der Waals surface area contributed by atoms with E-state index in [9.17, 15) is 18.0 Å². The monoisotopic (exact) mass is 382 g/mol. The van der Waals surface area contributed by atoms with Gasteiger partial charge in [0.1, 0.15) is 0 Å². The molecule has 0 saturated heterocycles. The maximum Gasteiger partial charge on any atom is 0.339 e. The van der Waals surface area contributed by atoms with Gasteiger partial charge in [-0.2, -0.15) is 0 Å². The molecule has 25 heavy (non-hydrogen) atoms. The summed E-state index contributed by atoms with van der Waals surface area (Å²) in [6.07, 6.45) is 0. The van der Waals surface area contributed by atoms with Crippen molar-refractivity contribution < 1.29 is 22.7 Å². The highest BCUT2D eigenvalue weighted by Crippen LogP contribution is 2.22. The van der Waals surface area contributed by atoms with Crippen LogP contribution in [0.2, 0.25) is 5.02 Å². The van der Waals surface area contributed by atoms with Gasteiger partial charge in [0.15, 0.2) is 0 Å². The molecule has 2 N–H and O–H groups in total. The van der Waals surface area contributed by atoms with Gasteiger partial charge in [-0.15, -0.1) is 0 Å². The number of carbonyl (C=O) groups is 2. The van der Waals surface area contributed by atoms with Gasteiger partial charge >= 0.3 is 5.97 Å². The molecule has 7 nitrogen and oxygen atoms in total. The van der Waals surface area contributed by atoms with E-state index < -0.39 is 21.9 Å². The molecule has 9 heteroatoms. The second kappa shape index (κ2) is 7.64. The minimum atomic E-state index is -3.66. The third-order valence-electron chi connectivity index (χ3n) is 3.30. The van der Waals surface area contributed by atoms with Crippen LogP contribution in [0.25, 0.3) is 0 Å². The Labute approximate surface area is 150 Å². The van der Waals surface area contributed by atoms with E-state index in [2.05, 4.69) is 14.8 Å². The molecule has 0 unspecified atom stereocenters. The number of hydrogen-bond acceptors (Lipinski definition) is 5. The van der Waals surface area contributed by atoms with Gasteiger partial charge in [0.05, 0.1) is 22.6 Å². The second-order valence-electron chi connectivity index (χ2n) is 4.88. The molecule has 1 amide bonds. The van der Waals surface area contributed by atoms with Crippen LogP contribution in [-0.2, 0) is 14.8 Å². The number of ether oxygens (including phenoxy) is 1. The number of carbonyl (C=O) groups excluding carboxylic acids is 2. The molecule has 0 aromatic heterocycles. The smallest absolute Gasteiger partial charge is 0.339 e. The third-order valence-corrected chi connectivity index (χ3v) is 5.05. The second-order valence-corrected chi connectivity index (χ2v) is 7.17. The van der Waals surface area contributed by atoms with E-state index >= 15 is 0 Å². The van der Waals surface area contributed by atoms with Crippen molar-refractivity contribution in [2.24, 2.45) is 0 Å². The Morgan fingerprint density at radius 1 is 1.12 bits per heavy atom. The van der Waals surface area contributed by atoms with Crippen molar-refractivity contribution in [1.82, 2.24) is 4.72 Å². The van der Waals surface area contributed by atoms with Crippen molar-refractivity contribution >= 4 is 39.2 Å². The molecule has 0 aliphatic rings. The molecule has 0 fully saturated rings. The topological polar surface area (TPSA) is 102 Å². The number of hydrogen-bond donors (Lipinski definition) is 2. The highest BCUT2D eigenvalue weighted by molar-refractivity contribution is 7.89. The Kier molecular flexibility index (Phi) is 5.78. The number of halogens is 1. The molecule has 0 aliphatic heterocycles. The molecule has 2 aromatic rings. The zero-order valence-corrected chi connectivity index (χ0v) is 14.9. The minimum absolute atomic E-state index is 0.0333. The first kappa shape index (κ1) is 18.9. The van der Waals surface area contributed by atoms with Crippen molar-refractivity contribution in [3.63, 3.8) is 0 Å². The molecule has 0 heterocycles. The average Bonchev–Trinajstić information content (AvgIpc) is 2.62. The molecular formula is C16H15ClN2O5S. The van der Waals surface area contributed by atoms with Crippen LogP contribution in [-0.4, -0.2) is 34.5 Å². The summed E-state index contributed by atoms with van der Waals surface area (Å²) >= 11 is 5.92. The largest absolute Gasteiger partial charge is 0.465 e. The van der Waals surface area contributed by atoms with E-state index in [1.54, 1.807) is 0 Å². The molecule has 0 aliphatic carbocycles. The van der Waals surface area contributed by atoms with Gasteiger partial charge < -0.3 is 10.1 Å². The fourth-order valence-electron chi connectivity index (χ4n) is 2.00. The number of sulfonamides is 1. The van der Waals surface area contributed by atoms with Crippen LogP contribution in [0.4, 0.5) is 5.69 Å². The Morgan fingerprint density at radius 3 is 2.48 bits per heavy atom. The maximum absolute atomic E-state index is 12.3. The fraction of sp³-hybridized carbons (Fsp3) is 0.125. The van der Waals surface area contributed by atoms with Crippen LogP contribution >= 0.6 is 11.6 Å². The lowest BCUT2D eigenvalue weighted by Gasteiger charge is -2.09. The lowest BCUT2D eigenvalue weighted by molar-refractivity contribution is 0.0600. The molecule has 132 valence electrons. The van der Waals surface area contributed by atoms with Crippen LogP contribution in [0.5, 0.6) is 0 Å². The molecule has 0 atom stereocenters. The molecule has 2 aromatic carbocycles. The van der Waals surface area contributed by atoms with E-state index in [4.69, 9.17) is 11.6 Å². The molecule has 0 radical (unpaired) electrons. The summed E-state index contributed by atoms with van der Waals surface area (Å²) in [6, 6.07) is 9.90. The van der Waals surface area contributed by atoms with E-state index in [1.165, 1.54) is 56.6 Å². The van der Waals surface area contributed by atoms with Gasteiger partial charge in [-0.25, -0.2) is 17.9 Å². The number of amides is 1. The summed E-state index contributed by atoms with van der Waals surface area (Å²) in [6.45, 7) is 0. The summed E-state index contributed by atoms with van der Waals surface area (Å²) in [5, 5.41) is 2.77. The maximum atomic E-state index is 12.3. The Hall–Kier alpha value is -2.42. The van der Waals surface area contributed by atoms with E-state index in [0.29, 0.717) is 5.69 Å². The zero-order valence-electron chi connectivity index (χ0n) is 13.4. The lowest BCUT2D eigenvalue weighted by atomic mass is 10.1. The van der Waals surface area contributed by atoms with Gasteiger partial charge in [0, 0.05) is 11.3 Å². The van der Waals surface area contributed by atoms with Crippen molar-refractivity contribution in [1.29, 1.82) is 0 Å². The van der Waals surface area contributed by atoms with Crippen LogP contribution in [0.1, 0.15) is 20.7 Å². The van der Waals surface area contributed by atoms with Crippen molar-refractivity contribution in [2.45, 2.75) is 4.90 Å². The normalized spacial score (nSPS) is 11.0. The molecule has 0 bridgehead atoms. The Balaban J connectivity index is 2.29. The highest BCUT2D eigenvalue weighted by Gasteiger charge is 2.16. The summed E-state index contributed by atoms with van der Waals surface area (Å²) in [5.74, 6) is -1.17. The van der Waals surface area contributed by atoms with Crippen molar-refractivity contribution in [3.05, 3.63) is 58.6 Å². The Bertz CT molecular complexity index is 928. The number of benzene rings is 2. The highest BCUT2D eigenvalue weighted by atomic mass is 35.5. The van der Waals surface area contributed by atoms with E-state index in [1.807, 2.05) is 0 Å². The van der Waals surface area contributed by atoms with Crippen LogP contribution in [0, 0.1) is 0 Å². The number of methoxy groups -OCH3 is 1. The van der Waals surface area contributed by atoms with Gasteiger partial charge in [-0.05, 0) is 43.4 Å². The van der Waals surface area contributed by atoms with Crippen LogP contribution < -0.4 is 10.0 Å². The minimum Gasteiger partial charge on any atom is -0.465 e. The molecule has 0 saturated carbocycles. The van der Waals surface area contributed by atoms with Gasteiger partial charge in [-0.3, -0.25) is 4.79 Å². The first-order valence-electron chi connectivity index (χ1n) is 7.01. The standard InChI is InChI=1S/C16H15ClN2O5S/c1-18-25(22,23)12-5-3-4-10(8-12)15(20)19-11-6-7-14(17)13(9-11)16(21)24-2/h3-9,18H,1-2H3,(H,19,20). The number of esters is 1. The average molecular weight is 383 g/mol. The third kappa shape index (κ3) is 4.36. The van der Waals surface area contributed by atoms with Crippen molar-refractivity contribution in [2.75, 3.05) is 19.5 Å². The fourth-order valence-corrected chi connectivity index (χ4v) is 2.97. The predicted octanol–water partition coefficient (Wildman–Crippen LogP) is 2.29. The predicted molar refractivity (Wildman–Crippen MR) is 93.4 cm³/mol. The Morgan fingerprint density at radius 2 is 1.84 bits per heavy atom. The quantitative estimate of drug-likeness (QED) is 0.772. The summed E-state index contributed by atoms with van der Waals surface area (Å²) in [7, 11) is -1.16. The summed E-state index contributed by atoms with van der Waals surface area (Å²) in [4.78, 5) is 23.9. The van der Waals surface area contributed by atoms with Gasteiger partial charge in [0.25, 0.3) is 5.91 Å². The van der Waals surface area contributed by atoms with E-state index in [-0.39, 0.29) is 21.0 Å². The number of nitrogens with one attached hydrogen (secondary N) is 2. The zero-order chi connectivity index (χ0) is 18.6. The SMILES string of the molecule is CNS(=O)(=O)c1cccc(C(=O)Nc2ccc(Cl)c(C(=O)OC)c2)c1. The van der Waals surface area contributed by atoms with Crippen LogP contribution in [0.3, 0.4) is 0 Å². The van der Waals surface area contributed by atoms with Gasteiger partial charge in [0.2, 0.25) is 10.0 Å².